The van der Waals surface area contributed by atoms with Crippen LogP contribution in [0.25, 0.3) is 11.3 Å². The lowest BCUT2D eigenvalue weighted by Crippen LogP contribution is -2.27. The Kier molecular flexibility index (Phi) is 2.70. The number of nitrogens with zero attached hydrogens (tertiary/aromatic N) is 2. The Bertz CT molecular complexity index is 631. The average molecular weight is 244 g/mol. The third-order valence-electron chi connectivity index (χ3n) is 3.26. The number of aromatic nitrogens is 2. The third-order valence-corrected chi connectivity index (χ3v) is 3.26. The van der Waals surface area contributed by atoms with Gasteiger partial charge in [0, 0.05) is 24.6 Å². The summed E-state index contributed by atoms with van der Waals surface area (Å²) in [5.41, 5.74) is 1.40. The van der Waals surface area contributed by atoms with E-state index < -0.39 is 0 Å². The summed E-state index contributed by atoms with van der Waals surface area (Å²) >= 11 is 0. The second kappa shape index (κ2) is 4.37. The lowest BCUT2D eigenvalue weighted by molar-refractivity contribution is 0.496. The molecule has 0 unspecified atom stereocenters. The molecular weight excluding hydrogens is 231 g/mol. The predicted octanol–water partition coefficient (Wildman–Crippen LogP) is 2.39. The lowest BCUT2D eigenvalue weighted by Gasteiger charge is -2.17. The number of hydrogen-bond acceptors (Lipinski definition) is 2. The minimum Gasteiger partial charge on any atom is -0.297 e. The Labute approximate surface area is 104 Å². The summed E-state index contributed by atoms with van der Waals surface area (Å²) < 4.78 is 14.6. The van der Waals surface area contributed by atoms with Crippen LogP contribution in [0.3, 0.4) is 0 Å². The molecule has 0 saturated heterocycles. The highest BCUT2D eigenvalue weighted by molar-refractivity contribution is 5.58. The zero-order chi connectivity index (χ0) is 12.5. The SMILES string of the molecule is O=c1cc(-c2ccc(F)cc2)nc2n1CCCC2. The van der Waals surface area contributed by atoms with Crippen molar-refractivity contribution in [1.29, 1.82) is 0 Å². The molecule has 1 aliphatic rings. The molecule has 18 heavy (non-hydrogen) atoms. The largest absolute Gasteiger partial charge is 0.297 e. The highest BCUT2D eigenvalue weighted by Gasteiger charge is 2.13. The number of rotatable bonds is 1. The number of hydrogen-bond donors (Lipinski definition) is 0. The van der Waals surface area contributed by atoms with E-state index >= 15 is 0 Å². The van der Waals surface area contributed by atoms with Crippen LogP contribution in [-0.2, 0) is 13.0 Å². The van der Waals surface area contributed by atoms with Crippen LogP contribution in [0.15, 0.2) is 35.1 Å². The van der Waals surface area contributed by atoms with Crippen molar-refractivity contribution in [2.75, 3.05) is 0 Å². The fourth-order valence-electron chi connectivity index (χ4n) is 2.31. The molecule has 0 fully saturated rings. The van der Waals surface area contributed by atoms with E-state index in [4.69, 9.17) is 0 Å². The fraction of sp³-hybridized carbons (Fsp3) is 0.286. The van der Waals surface area contributed by atoms with Crippen molar-refractivity contribution >= 4 is 0 Å². The first-order valence-electron chi connectivity index (χ1n) is 6.11. The van der Waals surface area contributed by atoms with E-state index in [-0.39, 0.29) is 11.4 Å². The maximum absolute atomic E-state index is 12.9. The summed E-state index contributed by atoms with van der Waals surface area (Å²) in [6.45, 7) is 0.755. The fourth-order valence-corrected chi connectivity index (χ4v) is 2.31. The second-order valence-corrected chi connectivity index (χ2v) is 4.51. The highest BCUT2D eigenvalue weighted by Crippen LogP contribution is 2.18. The normalized spacial score (nSPS) is 14.3. The number of benzene rings is 1. The summed E-state index contributed by atoms with van der Waals surface area (Å²) in [6, 6.07) is 7.60. The average Bonchev–Trinajstić information content (AvgIpc) is 2.39. The topological polar surface area (TPSA) is 34.9 Å². The van der Waals surface area contributed by atoms with Gasteiger partial charge in [0.1, 0.15) is 11.6 Å². The molecule has 0 amide bonds. The molecular formula is C14H13FN2O. The van der Waals surface area contributed by atoms with Crippen molar-refractivity contribution in [2.45, 2.75) is 25.8 Å². The number of fused-ring (bicyclic) bond motifs is 1. The van der Waals surface area contributed by atoms with Crippen LogP contribution < -0.4 is 5.56 Å². The van der Waals surface area contributed by atoms with Gasteiger partial charge in [-0.25, -0.2) is 9.37 Å². The van der Waals surface area contributed by atoms with E-state index in [9.17, 15) is 9.18 Å². The Balaban J connectivity index is 2.11. The van der Waals surface area contributed by atoms with Crippen molar-refractivity contribution in [3.63, 3.8) is 0 Å². The van der Waals surface area contributed by atoms with Crippen LogP contribution >= 0.6 is 0 Å². The van der Waals surface area contributed by atoms with Crippen LogP contribution in [0.2, 0.25) is 0 Å². The van der Waals surface area contributed by atoms with E-state index in [2.05, 4.69) is 4.98 Å². The maximum atomic E-state index is 12.9. The van der Waals surface area contributed by atoms with Crippen LogP contribution in [0.5, 0.6) is 0 Å². The Morgan fingerprint density at radius 2 is 1.94 bits per heavy atom. The van der Waals surface area contributed by atoms with Gasteiger partial charge < -0.3 is 0 Å². The van der Waals surface area contributed by atoms with Crippen LogP contribution in [-0.4, -0.2) is 9.55 Å². The number of halogens is 1. The molecule has 0 atom stereocenters. The molecule has 3 rings (SSSR count). The molecule has 0 N–H and O–H groups in total. The van der Waals surface area contributed by atoms with Crippen molar-refractivity contribution in [3.8, 4) is 11.3 Å². The Morgan fingerprint density at radius 3 is 2.72 bits per heavy atom. The monoisotopic (exact) mass is 244 g/mol. The van der Waals surface area contributed by atoms with Gasteiger partial charge in [-0.3, -0.25) is 9.36 Å². The summed E-state index contributed by atoms with van der Waals surface area (Å²) in [7, 11) is 0. The lowest BCUT2D eigenvalue weighted by atomic mass is 10.1. The van der Waals surface area contributed by atoms with Crippen LogP contribution in [0.4, 0.5) is 4.39 Å². The molecule has 1 aliphatic heterocycles. The van der Waals surface area contributed by atoms with Gasteiger partial charge in [-0.2, -0.15) is 0 Å². The van der Waals surface area contributed by atoms with E-state index in [1.54, 1.807) is 16.7 Å². The zero-order valence-corrected chi connectivity index (χ0v) is 9.90. The quantitative estimate of drug-likeness (QED) is 0.772. The first-order valence-corrected chi connectivity index (χ1v) is 6.11. The molecule has 0 radical (unpaired) electrons. The molecule has 2 aromatic rings. The molecule has 4 heteroatoms. The van der Waals surface area contributed by atoms with E-state index in [0.29, 0.717) is 5.69 Å². The molecule has 1 aromatic carbocycles. The van der Waals surface area contributed by atoms with Gasteiger partial charge in [0.15, 0.2) is 0 Å². The molecule has 1 aromatic heterocycles. The second-order valence-electron chi connectivity index (χ2n) is 4.51. The van der Waals surface area contributed by atoms with Crippen molar-refractivity contribution in [3.05, 3.63) is 52.3 Å². The summed E-state index contributed by atoms with van der Waals surface area (Å²) in [5, 5.41) is 0. The minimum absolute atomic E-state index is 0.0148. The molecule has 92 valence electrons. The van der Waals surface area contributed by atoms with Gasteiger partial charge in [-0.15, -0.1) is 0 Å². The van der Waals surface area contributed by atoms with Gasteiger partial charge in [0.2, 0.25) is 0 Å². The number of aryl methyl sites for hydroxylation is 1. The van der Waals surface area contributed by atoms with Gasteiger partial charge in [0.25, 0.3) is 5.56 Å². The van der Waals surface area contributed by atoms with Crippen molar-refractivity contribution in [2.24, 2.45) is 0 Å². The zero-order valence-electron chi connectivity index (χ0n) is 9.90. The smallest absolute Gasteiger partial charge is 0.254 e. The van der Waals surface area contributed by atoms with E-state index in [1.807, 2.05) is 0 Å². The van der Waals surface area contributed by atoms with Crippen molar-refractivity contribution < 1.29 is 4.39 Å². The third kappa shape index (κ3) is 1.94. The van der Waals surface area contributed by atoms with Crippen LogP contribution in [0, 0.1) is 5.82 Å². The Hall–Kier alpha value is -1.97. The first kappa shape index (κ1) is 11.1. The van der Waals surface area contributed by atoms with Gasteiger partial charge in [0.05, 0.1) is 5.69 Å². The van der Waals surface area contributed by atoms with Crippen LogP contribution in [0.1, 0.15) is 18.7 Å². The molecule has 0 spiro atoms. The van der Waals surface area contributed by atoms with Gasteiger partial charge >= 0.3 is 0 Å². The molecule has 0 aliphatic carbocycles. The van der Waals surface area contributed by atoms with Gasteiger partial charge in [-0.1, -0.05) is 0 Å². The standard InChI is InChI=1S/C14H13FN2O/c15-11-6-4-10(5-7-11)12-9-14(18)17-8-2-1-3-13(17)16-12/h4-7,9H,1-3,8H2. The Morgan fingerprint density at radius 1 is 1.17 bits per heavy atom. The van der Waals surface area contributed by atoms with E-state index in [1.165, 1.54) is 18.2 Å². The minimum atomic E-state index is -0.284. The molecule has 0 bridgehead atoms. The van der Waals surface area contributed by atoms with E-state index in [0.717, 1.165) is 37.2 Å². The summed E-state index contributed by atoms with van der Waals surface area (Å²) in [5.74, 6) is 0.557. The maximum Gasteiger partial charge on any atom is 0.254 e. The predicted molar refractivity (Wildman–Crippen MR) is 66.8 cm³/mol. The van der Waals surface area contributed by atoms with Crippen molar-refractivity contribution in [1.82, 2.24) is 9.55 Å². The first-order chi connectivity index (χ1) is 8.74. The summed E-state index contributed by atoms with van der Waals surface area (Å²) in [4.78, 5) is 16.5. The summed E-state index contributed by atoms with van der Waals surface area (Å²) in [6.07, 6.45) is 2.94. The molecule has 0 saturated carbocycles. The molecule has 2 heterocycles. The molecule has 3 nitrogen and oxygen atoms in total. The van der Waals surface area contributed by atoms with Gasteiger partial charge in [-0.05, 0) is 37.1 Å². The highest BCUT2D eigenvalue weighted by atomic mass is 19.1.